The number of benzene rings is 1. The summed E-state index contributed by atoms with van der Waals surface area (Å²) in [5.41, 5.74) is 7.53. The predicted octanol–water partition coefficient (Wildman–Crippen LogP) is 1.33. The zero-order valence-electron chi connectivity index (χ0n) is 11.1. The van der Waals surface area contributed by atoms with E-state index in [1.807, 2.05) is 24.3 Å². The van der Waals surface area contributed by atoms with Gasteiger partial charge in [-0.15, -0.1) is 5.10 Å². The van der Waals surface area contributed by atoms with E-state index >= 15 is 0 Å². The maximum atomic E-state index is 12.1. The molecule has 2 unspecified atom stereocenters. The first-order valence-corrected chi connectivity index (χ1v) is 6.75. The fraction of sp³-hybridized carbons (Fsp3) is 0.357. The summed E-state index contributed by atoms with van der Waals surface area (Å²) in [5.74, 6) is 0.103. The van der Waals surface area contributed by atoms with E-state index in [0.717, 1.165) is 30.6 Å². The van der Waals surface area contributed by atoms with Gasteiger partial charge in [0.15, 0.2) is 0 Å². The topological polar surface area (TPSA) is 85.8 Å². The molecule has 0 aliphatic heterocycles. The minimum Gasteiger partial charge on any atom is -0.328 e. The highest BCUT2D eigenvalue weighted by Gasteiger charge is 2.27. The van der Waals surface area contributed by atoms with Crippen molar-refractivity contribution in [2.75, 3.05) is 5.32 Å². The summed E-state index contributed by atoms with van der Waals surface area (Å²) in [5, 5.41) is 10.6. The van der Waals surface area contributed by atoms with Crippen LogP contribution >= 0.6 is 0 Å². The summed E-state index contributed by atoms with van der Waals surface area (Å²) < 4.78 is 1.67. The van der Waals surface area contributed by atoms with Gasteiger partial charge in [0, 0.05) is 17.6 Å². The molecule has 6 heteroatoms. The molecule has 0 spiro atoms. The van der Waals surface area contributed by atoms with Crippen LogP contribution in [0.2, 0.25) is 0 Å². The first-order valence-electron chi connectivity index (χ1n) is 6.75. The fourth-order valence-corrected chi connectivity index (χ4v) is 2.54. The lowest BCUT2D eigenvalue weighted by Gasteiger charge is -2.11. The number of rotatable bonds is 3. The molecule has 1 saturated carbocycles. The number of nitrogens with zero attached hydrogens (tertiary/aromatic N) is 3. The van der Waals surface area contributed by atoms with Gasteiger partial charge < -0.3 is 11.1 Å². The van der Waals surface area contributed by atoms with Crippen LogP contribution in [0.15, 0.2) is 36.7 Å². The highest BCUT2D eigenvalue weighted by atomic mass is 16.1. The molecule has 1 aromatic carbocycles. The van der Waals surface area contributed by atoms with Gasteiger partial charge in [-0.05, 0) is 43.5 Å². The number of hydrogen-bond acceptors (Lipinski definition) is 4. The molecular weight excluding hydrogens is 254 g/mol. The normalized spacial score (nSPS) is 21.9. The summed E-state index contributed by atoms with van der Waals surface area (Å²) in [7, 11) is 0. The zero-order chi connectivity index (χ0) is 13.9. The van der Waals surface area contributed by atoms with Crippen molar-refractivity contribution < 1.29 is 4.79 Å². The molecule has 1 aromatic heterocycles. The molecular formula is C14H17N5O. The molecule has 0 radical (unpaired) electrons. The maximum Gasteiger partial charge on any atom is 0.227 e. The smallest absolute Gasteiger partial charge is 0.227 e. The van der Waals surface area contributed by atoms with Gasteiger partial charge in [-0.1, -0.05) is 5.21 Å². The molecule has 2 aromatic rings. The number of hydrogen-bond donors (Lipinski definition) is 2. The SMILES string of the molecule is NC1CCC(C(=O)Nc2ccc(-n3ccnn3)cc2)C1. The number of nitrogens with one attached hydrogen (secondary N) is 1. The fourth-order valence-electron chi connectivity index (χ4n) is 2.54. The predicted molar refractivity (Wildman–Crippen MR) is 75.3 cm³/mol. The second kappa shape index (κ2) is 5.42. The highest BCUT2D eigenvalue weighted by Crippen LogP contribution is 2.25. The molecule has 3 rings (SSSR count). The van der Waals surface area contributed by atoms with Gasteiger partial charge in [0.2, 0.25) is 5.91 Å². The lowest BCUT2D eigenvalue weighted by atomic mass is 10.1. The molecule has 0 saturated heterocycles. The Hall–Kier alpha value is -2.21. The molecule has 104 valence electrons. The van der Waals surface area contributed by atoms with Gasteiger partial charge in [0.1, 0.15) is 0 Å². The first-order chi connectivity index (χ1) is 9.72. The van der Waals surface area contributed by atoms with Crippen molar-refractivity contribution in [3.05, 3.63) is 36.7 Å². The molecule has 3 N–H and O–H groups in total. The molecule has 2 atom stereocenters. The van der Waals surface area contributed by atoms with Crippen LogP contribution in [0.5, 0.6) is 0 Å². The Kier molecular flexibility index (Phi) is 3.47. The van der Waals surface area contributed by atoms with E-state index in [0.29, 0.717) is 0 Å². The molecule has 6 nitrogen and oxygen atoms in total. The number of anilines is 1. The summed E-state index contributed by atoms with van der Waals surface area (Å²) in [6, 6.07) is 7.68. The van der Waals surface area contributed by atoms with Gasteiger partial charge in [-0.3, -0.25) is 4.79 Å². The zero-order valence-corrected chi connectivity index (χ0v) is 11.1. The molecule has 1 aliphatic carbocycles. The standard InChI is InChI=1S/C14H17N5O/c15-11-2-1-10(9-11)14(20)17-12-3-5-13(6-4-12)19-8-7-16-18-19/h3-8,10-11H,1-2,9,15H2,(H,17,20). The van der Waals surface area contributed by atoms with Crippen LogP contribution in [0.4, 0.5) is 5.69 Å². The van der Waals surface area contributed by atoms with Crippen molar-refractivity contribution in [1.82, 2.24) is 15.0 Å². The number of amides is 1. The van der Waals surface area contributed by atoms with Crippen LogP contribution in [0.3, 0.4) is 0 Å². The van der Waals surface area contributed by atoms with Crippen molar-refractivity contribution in [3.8, 4) is 5.69 Å². The van der Waals surface area contributed by atoms with Crippen LogP contribution in [-0.2, 0) is 4.79 Å². The van der Waals surface area contributed by atoms with Crippen LogP contribution in [-0.4, -0.2) is 26.9 Å². The Morgan fingerprint density at radius 2 is 2.10 bits per heavy atom. The van der Waals surface area contributed by atoms with Gasteiger partial charge >= 0.3 is 0 Å². The van der Waals surface area contributed by atoms with Gasteiger partial charge in [-0.25, -0.2) is 4.68 Å². The monoisotopic (exact) mass is 271 g/mol. The Bertz CT molecular complexity index is 578. The lowest BCUT2D eigenvalue weighted by Crippen LogP contribution is -2.23. The van der Waals surface area contributed by atoms with Crippen molar-refractivity contribution in [1.29, 1.82) is 0 Å². The van der Waals surface area contributed by atoms with E-state index in [2.05, 4.69) is 15.6 Å². The van der Waals surface area contributed by atoms with Gasteiger partial charge in [0.05, 0.1) is 18.1 Å². The molecule has 1 heterocycles. The second-order valence-electron chi connectivity index (χ2n) is 5.15. The maximum absolute atomic E-state index is 12.1. The Morgan fingerprint density at radius 1 is 1.30 bits per heavy atom. The summed E-state index contributed by atoms with van der Waals surface area (Å²) in [6.45, 7) is 0. The molecule has 1 aliphatic rings. The molecule has 20 heavy (non-hydrogen) atoms. The van der Waals surface area contributed by atoms with Gasteiger partial charge in [0.25, 0.3) is 0 Å². The average molecular weight is 271 g/mol. The Balaban J connectivity index is 1.65. The number of carbonyl (C=O) groups is 1. The third-order valence-electron chi connectivity index (χ3n) is 3.67. The first kappa shape index (κ1) is 12.8. The molecule has 0 bridgehead atoms. The summed E-state index contributed by atoms with van der Waals surface area (Å²) >= 11 is 0. The van der Waals surface area contributed by atoms with Crippen molar-refractivity contribution >= 4 is 11.6 Å². The third-order valence-corrected chi connectivity index (χ3v) is 3.67. The van der Waals surface area contributed by atoms with Gasteiger partial charge in [-0.2, -0.15) is 0 Å². The average Bonchev–Trinajstić information content (AvgIpc) is 3.10. The van der Waals surface area contributed by atoms with Crippen LogP contribution in [0, 0.1) is 5.92 Å². The van der Waals surface area contributed by atoms with Crippen LogP contribution in [0.1, 0.15) is 19.3 Å². The molecule has 1 amide bonds. The quantitative estimate of drug-likeness (QED) is 0.882. The minimum atomic E-state index is 0.0417. The van der Waals surface area contributed by atoms with E-state index in [1.54, 1.807) is 17.1 Å². The van der Waals surface area contributed by atoms with E-state index < -0.39 is 0 Å². The highest BCUT2D eigenvalue weighted by molar-refractivity contribution is 5.92. The van der Waals surface area contributed by atoms with Crippen molar-refractivity contribution in [2.45, 2.75) is 25.3 Å². The number of nitrogens with two attached hydrogens (primary N) is 1. The van der Waals surface area contributed by atoms with Crippen molar-refractivity contribution in [3.63, 3.8) is 0 Å². The van der Waals surface area contributed by atoms with Crippen molar-refractivity contribution in [2.24, 2.45) is 11.7 Å². The molecule has 1 fully saturated rings. The number of aromatic nitrogens is 3. The van der Waals surface area contributed by atoms with E-state index in [-0.39, 0.29) is 17.9 Å². The van der Waals surface area contributed by atoms with E-state index in [4.69, 9.17) is 5.73 Å². The number of carbonyl (C=O) groups excluding carboxylic acids is 1. The van der Waals surface area contributed by atoms with E-state index in [1.165, 1.54) is 0 Å². The summed E-state index contributed by atoms with van der Waals surface area (Å²) in [6.07, 6.45) is 5.99. The summed E-state index contributed by atoms with van der Waals surface area (Å²) in [4.78, 5) is 12.1. The minimum absolute atomic E-state index is 0.0417. The second-order valence-corrected chi connectivity index (χ2v) is 5.15. The van der Waals surface area contributed by atoms with E-state index in [9.17, 15) is 4.79 Å². The lowest BCUT2D eigenvalue weighted by molar-refractivity contribution is -0.119. The third kappa shape index (κ3) is 2.70. The Morgan fingerprint density at radius 3 is 2.70 bits per heavy atom. The Labute approximate surface area is 117 Å². The van der Waals surface area contributed by atoms with Crippen LogP contribution in [0.25, 0.3) is 5.69 Å². The largest absolute Gasteiger partial charge is 0.328 e. The van der Waals surface area contributed by atoms with Crippen LogP contribution < -0.4 is 11.1 Å².